The van der Waals surface area contributed by atoms with Gasteiger partial charge in [-0.15, -0.1) is 0 Å². The molecule has 0 spiro atoms. The number of nitrogens with zero attached hydrogens (tertiary/aromatic N) is 3. The van der Waals surface area contributed by atoms with Gasteiger partial charge in [-0.2, -0.15) is 0 Å². The van der Waals surface area contributed by atoms with Crippen LogP contribution < -0.4 is 5.32 Å². The van der Waals surface area contributed by atoms with E-state index in [1.807, 2.05) is 19.9 Å². The molecule has 1 aliphatic rings. The lowest BCUT2D eigenvalue weighted by Gasteiger charge is -2.29. The molecule has 132 valence electrons. The Bertz CT molecular complexity index is 776. The first kappa shape index (κ1) is 17.1. The number of aryl methyl sites for hydroxylation is 2. The summed E-state index contributed by atoms with van der Waals surface area (Å²) in [6, 6.07) is 6.48. The number of piperidine rings is 1. The number of aromatic nitrogens is 2. The van der Waals surface area contributed by atoms with Gasteiger partial charge >= 0.3 is 0 Å². The van der Waals surface area contributed by atoms with Crippen molar-refractivity contribution in [2.24, 2.45) is 0 Å². The average Bonchev–Trinajstić information content (AvgIpc) is 2.55. The standard InChI is InChI=1S/C18H21FN4O2/c1-11-8-12(2)21-18(20-11)22-14-5-6-16(24)15(9-14)17(25)23-7-3-4-13(19)10-23/h5-6,8-9,13,24H,3-4,7,10H2,1-2H3,(H,20,21,22). The summed E-state index contributed by atoms with van der Waals surface area (Å²) in [6.07, 6.45) is 0.0912. The number of carbonyl (C=O) groups excluding carboxylic acids is 1. The highest BCUT2D eigenvalue weighted by Gasteiger charge is 2.26. The molecule has 7 heteroatoms. The van der Waals surface area contributed by atoms with Crippen LogP contribution in [0.25, 0.3) is 0 Å². The maximum atomic E-state index is 13.6. The highest BCUT2D eigenvalue weighted by Crippen LogP contribution is 2.26. The Morgan fingerprint density at radius 2 is 2.00 bits per heavy atom. The zero-order chi connectivity index (χ0) is 18.0. The van der Waals surface area contributed by atoms with Crippen molar-refractivity contribution in [1.29, 1.82) is 0 Å². The minimum absolute atomic E-state index is 0.0656. The van der Waals surface area contributed by atoms with Gasteiger partial charge in [-0.3, -0.25) is 4.79 Å². The second-order valence-corrected chi connectivity index (χ2v) is 6.32. The van der Waals surface area contributed by atoms with Crippen LogP contribution in [0.3, 0.4) is 0 Å². The summed E-state index contributed by atoms with van der Waals surface area (Å²) in [4.78, 5) is 22.7. The molecule has 1 amide bonds. The third-order valence-corrected chi connectivity index (χ3v) is 4.12. The third kappa shape index (κ3) is 4.04. The van der Waals surface area contributed by atoms with Gasteiger partial charge in [-0.25, -0.2) is 14.4 Å². The molecule has 1 aliphatic heterocycles. The summed E-state index contributed by atoms with van der Waals surface area (Å²) in [5.41, 5.74) is 2.38. The zero-order valence-electron chi connectivity index (χ0n) is 14.3. The number of amides is 1. The lowest BCUT2D eigenvalue weighted by molar-refractivity contribution is 0.0633. The van der Waals surface area contributed by atoms with E-state index < -0.39 is 6.17 Å². The molecule has 1 fully saturated rings. The van der Waals surface area contributed by atoms with E-state index in [-0.39, 0.29) is 23.8 Å². The largest absolute Gasteiger partial charge is 0.507 e. The first-order valence-corrected chi connectivity index (χ1v) is 8.28. The van der Waals surface area contributed by atoms with Gasteiger partial charge in [-0.05, 0) is 51.0 Å². The van der Waals surface area contributed by atoms with Gasteiger partial charge in [-0.1, -0.05) is 0 Å². The Balaban J connectivity index is 1.83. The lowest BCUT2D eigenvalue weighted by atomic mass is 10.1. The van der Waals surface area contributed by atoms with Crippen LogP contribution in [0.2, 0.25) is 0 Å². The van der Waals surface area contributed by atoms with Crippen molar-refractivity contribution in [2.45, 2.75) is 32.9 Å². The van der Waals surface area contributed by atoms with E-state index in [0.717, 1.165) is 11.4 Å². The first-order valence-electron chi connectivity index (χ1n) is 8.28. The molecule has 0 bridgehead atoms. The summed E-state index contributed by atoms with van der Waals surface area (Å²) in [5, 5.41) is 13.1. The van der Waals surface area contributed by atoms with Gasteiger partial charge in [0.1, 0.15) is 11.9 Å². The molecular weight excluding hydrogens is 323 g/mol. The number of hydrogen-bond acceptors (Lipinski definition) is 5. The van der Waals surface area contributed by atoms with Gasteiger partial charge in [0.05, 0.1) is 12.1 Å². The molecular formula is C18H21FN4O2. The zero-order valence-corrected chi connectivity index (χ0v) is 14.3. The molecule has 0 radical (unpaired) electrons. The number of nitrogens with one attached hydrogen (secondary N) is 1. The molecule has 1 unspecified atom stereocenters. The normalized spacial score (nSPS) is 17.4. The SMILES string of the molecule is Cc1cc(C)nc(Nc2ccc(O)c(C(=O)N3CCCC(F)C3)c2)n1. The van der Waals surface area contributed by atoms with E-state index >= 15 is 0 Å². The van der Waals surface area contributed by atoms with Crippen LogP contribution in [0.15, 0.2) is 24.3 Å². The maximum absolute atomic E-state index is 13.6. The molecule has 2 heterocycles. The predicted octanol–water partition coefficient (Wildman–Crippen LogP) is 3.12. The van der Waals surface area contributed by atoms with Crippen molar-refractivity contribution in [3.8, 4) is 5.75 Å². The van der Waals surface area contributed by atoms with Gasteiger partial charge in [0.15, 0.2) is 0 Å². The Kier molecular flexibility index (Phi) is 4.83. The summed E-state index contributed by atoms with van der Waals surface area (Å²) in [5.74, 6) is -0.0777. The molecule has 0 saturated carbocycles. The van der Waals surface area contributed by atoms with Gasteiger partial charge in [0, 0.05) is 23.6 Å². The predicted molar refractivity (Wildman–Crippen MR) is 92.9 cm³/mol. The van der Waals surface area contributed by atoms with E-state index in [4.69, 9.17) is 0 Å². The quantitative estimate of drug-likeness (QED) is 0.837. The van der Waals surface area contributed by atoms with Crippen molar-refractivity contribution in [1.82, 2.24) is 14.9 Å². The molecule has 2 N–H and O–H groups in total. The Labute approximate surface area is 145 Å². The Hall–Kier alpha value is -2.70. The number of likely N-dealkylation sites (tertiary alicyclic amines) is 1. The van der Waals surface area contributed by atoms with E-state index in [1.165, 1.54) is 11.0 Å². The summed E-state index contributed by atoms with van der Waals surface area (Å²) in [6.45, 7) is 4.30. The number of halogens is 1. The van der Waals surface area contributed by atoms with Crippen molar-refractivity contribution < 1.29 is 14.3 Å². The number of phenolic OH excluding ortho intramolecular Hbond substituents is 1. The lowest BCUT2D eigenvalue weighted by Crippen LogP contribution is -2.40. The topological polar surface area (TPSA) is 78.4 Å². The van der Waals surface area contributed by atoms with E-state index in [1.54, 1.807) is 12.1 Å². The van der Waals surface area contributed by atoms with Gasteiger partial charge in [0.2, 0.25) is 5.95 Å². The summed E-state index contributed by atoms with van der Waals surface area (Å²) in [7, 11) is 0. The molecule has 1 aromatic carbocycles. The molecule has 1 atom stereocenters. The highest BCUT2D eigenvalue weighted by atomic mass is 19.1. The fourth-order valence-corrected chi connectivity index (χ4v) is 2.98. The number of aromatic hydroxyl groups is 1. The summed E-state index contributed by atoms with van der Waals surface area (Å²) >= 11 is 0. The Morgan fingerprint density at radius 1 is 1.28 bits per heavy atom. The van der Waals surface area contributed by atoms with Gasteiger partial charge < -0.3 is 15.3 Å². The minimum Gasteiger partial charge on any atom is -0.507 e. The number of hydrogen-bond donors (Lipinski definition) is 2. The van der Waals surface area contributed by atoms with Crippen LogP contribution in [0.5, 0.6) is 5.75 Å². The smallest absolute Gasteiger partial charge is 0.257 e. The van der Waals surface area contributed by atoms with Crippen molar-refractivity contribution in [3.63, 3.8) is 0 Å². The van der Waals surface area contributed by atoms with Crippen LogP contribution in [-0.2, 0) is 0 Å². The van der Waals surface area contributed by atoms with Crippen molar-refractivity contribution in [3.05, 3.63) is 41.2 Å². The number of alkyl halides is 1. The maximum Gasteiger partial charge on any atom is 0.257 e. The van der Waals surface area contributed by atoms with Gasteiger partial charge in [0.25, 0.3) is 5.91 Å². The number of rotatable bonds is 3. The Morgan fingerprint density at radius 3 is 2.68 bits per heavy atom. The number of carbonyl (C=O) groups is 1. The molecule has 1 saturated heterocycles. The first-order chi connectivity index (χ1) is 11.9. The van der Waals surface area contributed by atoms with E-state index in [2.05, 4.69) is 15.3 Å². The number of benzene rings is 1. The monoisotopic (exact) mass is 344 g/mol. The molecule has 3 rings (SSSR count). The molecule has 0 aliphatic carbocycles. The molecule has 25 heavy (non-hydrogen) atoms. The second-order valence-electron chi connectivity index (χ2n) is 6.32. The fourth-order valence-electron chi connectivity index (χ4n) is 2.98. The minimum atomic E-state index is -1.01. The molecule has 1 aromatic heterocycles. The van der Waals surface area contributed by atoms with Crippen LogP contribution in [0.1, 0.15) is 34.6 Å². The van der Waals surface area contributed by atoms with Crippen LogP contribution >= 0.6 is 0 Å². The van der Waals surface area contributed by atoms with Crippen LogP contribution in [0.4, 0.5) is 16.0 Å². The van der Waals surface area contributed by atoms with E-state index in [0.29, 0.717) is 31.0 Å². The van der Waals surface area contributed by atoms with Crippen molar-refractivity contribution in [2.75, 3.05) is 18.4 Å². The number of anilines is 2. The summed E-state index contributed by atoms with van der Waals surface area (Å²) < 4.78 is 13.6. The molecule has 6 nitrogen and oxygen atoms in total. The fraction of sp³-hybridized carbons (Fsp3) is 0.389. The highest BCUT2D eigenvalue weighted by molar-refractivity contribution is 5.98. The average molecular weight is 344 g/mol. The number of phenols is 1. The third-order valence-electron chi connectivity index (χ3n) is 4.12. The van der Waals surface area contributed by atoms with Crippen LogP contribution in [-0.4, -0.2) is 45.1 Å². The molecule has 2 aromatic rings. The second kappa shape index (κ2) is 7.04. The van der Waals surface area contributed by atoms with Crippen molar-refractivity contribution >= 4 is 17.5 Å². The van der Waals surface area contributed by atoms with E-state index in [9.17, 15) is 14.3 Å². The van der Waals surface area contributed by atoms with Crippen LogP contribution in [0, 0.1) is 13.8 Å².